The second-order valence-electron chi connectivity index (χ2n) is 6.10. The number of aliphatic hydroxyl groups excluding tert-OH is 1. The molecule has 0 heterocycles. The van der Waals surface area contributed by atoms with Crippen LogP contribution in [0.3, 0.4) is 0 Å². The summed E-state index contributed by atoms with van der Waals surface area (Å²) >= 11 is 0. The average Bonchev–Trinajstić information content (AvgIpc) is 2.09. The highest BCUT2D eigenvalue weighted by Crippen LogP contribution is 2.20. The van der Waals surface area contributed by atoms with Crippen LogP contribution >= 0.6 is 0 Å². The van der Waals surface area contributed by atoms with Gasteiger partial charge in [-0.15, -0.1) is 0 Å². The van der Waals surface area contributed by atoms with Gasteiger partial charge in [-0.2, -0.15) is 0 Å². The van der Waals surface area contributed by atoms with Crippen LogP contribution in [0, 0.1) is 0 Å². The van der Waals surface area contributed by atoms with Gasteiger partial charge in [-0.3, -0.25) is 0 Å². The van der Waals surface area contributed by atoms with Gasteiger partial charge in [0.15, 0.2) is 0 Å². The van der Waals surface area contributed by atoms with Gasteiger partial charge in [0.2, 0.25) is 0 Å². The Morgan fingerprint density at radius 3 is 2.50 bits per heavy atom. The molecular formula is C13H26N2O3. The summed E-state index contributed by atoms with van der Waals surface area (Å²) in [6.07, 6.45) is 2.03. The summed E-state index contributed by atoms with van der Waals surface area (Å²) in [5.74, 6) is 0. The molecule has 1 unspecified atom stereocenters. The molecule has 1 aliphatic rings. The van der Waals surface area contributed by atoms with Gasteiger partial charge in [-0.25, -0.2) is 4.79 Å². The molecule has 0 saturated heterocycles. The molecule has 106 valence electrons. The molecule has 1 rings (SSSR count). The number of carbonyl (C=O) groups excluding carboxylic acids is 1. The third kappa shape index (κ3) is 6.21. The van der Waals surface area contributed by atoms with Crippen molar-refractivity contribution in [2.24, 2.45) is 0 Å². The number of alkyl carbamates (subject to hydrolysis) is 1. The van der Waals surface area contributed by atoms with Gasteiger partial charge in [0, 0.05) is 12.1 Å². The Morgan fingerprint density at radius 1 is 1.39 bits per heavy atom. The molecule has 1 amide bonds. The molecule has 0 aromatic rings. The predicted octanol–water partition coefficient (Wildman–Crippen LogP) is 1.40. The molecule has 18 heavy (non-hydrogen) atoms. The van der Waals surface area contributed by atoms with Crippen molar-refractivity contribution in [3.05, 3.63) is 0 Å². The number of hydrogen-bond acceptors (Lipinski definition) is 4. The van der Waals surface area contributed by atoms with Crippen molar-refractivity contribution < 1.29 is 14.6 Å². The second-order valence-corrected chi connectivity index (χ2v) is 6.10. The van der Waals surface area contributed by atoms with Crippen LogP contribution in [0.2, 0.25) is 0 Å². The lowest BCUT2D eigenvalue weighted by molar-refractivity contribution is 0.0465. The highest BCUT2D eigenvalue weighted by Gasteiger charge is 2.31. The van der Waals surface area contributed by atoms with Crippen molar-refractivity contribution in [2.45, 2.75) is 70.7 Å². The van der Waals surface area contributed by atoms with Gasteiger partial charge in [-0.1, -0.05) is 0 Å². The van der Waals surface area contributed by atoms with E-state index in [0.29, 0.717) is 6.04 Å². The topological polar surface area (TPSA) is 70.6 Å². The second kappa shape index (κ2) is 6.38. The molecule has 0 aromatic carbocycles. The zero-order chi connectivity index (χ0) is 13.8. The summed E-state index contributed by atoms with van der Waals surface area (Å²) in [5, 5.41) is 15.3. The summed E-state index contributed by atoms with van der Waals surface area (Å²) in [7, 11) is 0. The molecule has 1 aliphatic carbocycles. The van der Waals surface area contributed by atoms with Gasteiger partial charge >= 0.3 is 6.09 Å². The lowest BCUT2D eigenvalue weighted by atomic mass is 9.87. The largest absolute Gasteiger partial charge is 0.444 e. The number of carbonyl (C=O) groups is 1. The van der Waals surface area contributed by atoms with Crippen LogP contribution < -0.4 is 10.6 Å². The lowest BCUT2D eigenvalue weighted by Crippen LogP contribution is -2.53. The zero-order valence-corrected chi connectivity index (χ0v) is 11.8. The van der Waals surface area contributed by atoms with Crippen LogP contribution in [0.15, 0.2) is 0 Å². The van der Waals surface area contributed by atoms with E-state index in [1.807, 2.05) is 20.8 Å². The maximum atomic E-state index is 11.5. The lowest BCUT2D eigenvalue weighted by Gasteiger charge is -2.36. The third-order valence-electron chi connectivity index (χ3n) is 2.85. The summed E-state index contributed by atoms with van der Waals surface area (Å²) in [6.45, 7) is 8.17. The predicted molar refractivity (Wildman–Crippen MR) is 70.5 cm³/mol. The molecule has 5 heteroatoms. The van der Waals surface area contributed by atoms with E-state index in [0.717, 1.165) is 25.8 Å². The molecule has 3 N–H and O–H groups in total. The highest BCUT2D eigenvalue weighted by atomic mass is 16.6. The maximum Gasteiger partial charge on any atom is 0.407 e. The van der Waals surface area contributed by atoms with E-state index >= 15 is 0 Å². The molecule has 1 fully saturated rings. The monoisotopic (exact) mass is 258 g/mol. The van der Waals surface area contributed by atoms with Gasteiger partial charge in [0.1, 0.15) is 5.60 Å². The van der Waals surface area contributed by atoms with Crippen molar-refractivity contribution in [2.75, 3.05) is 6.54 Å². The number of rotatable bonds is 5. The fourth-order valence-electron chi connectivity index (χ4n) is 1.87. The van der Waals surface area contributed by atoms with E-state index < -0.39 is 5.60 Å². The minimum Gasteiger partial charge on any atom is -0.444 e. The van der Waals surface area contributed by atoms with Crippen LogP contribution in [-0.2, 0) is 4.74 Å². The van der Waals surface area contributed by atoms with E-state index in [1.165, 1.54) is 0 Å². The Morgan fingerprint density at radius 2 is 2.00 bits per heavy atom. The van der Waals surface area contributed by atoms with Gasteiger partial charge in [0.05, 0.1) is 6.10 Å². The van der Waals surface area contributed by atoms with Crippen LogP contribution in [0.25, 0.3) is 0 Å². The van der Waals surface area contributed by atoms with Crippen molar-refractivity contribution in [1.29, 1.82) is 0 Å². The smallest absolute Gasteiger partial charge is 0.407 e. The Hall–Kier alpha value is -0.810. The molecular weight excluding hydrogens is 232 g/mol. The molecule has 0 bridgehead atoms. The Kier molecular flexibility index (Phi) is 5.41. The summed E-state index contributed by atoms with van der Waals surface area (Å²) in [5.41, 5.74) is -0.442. The van der Waals surface area contributed by atoms with Crippen molar-refractivity contribution in [3.8, 4) is 0 Å². The van der Waals surface area contributed by atoms with Crippen LogP contribution in [0.4, 0.5) is 4.79 Å². The fraction of sp³-hybridized carbons (Fsp3) is 0.923. The maximum absolute atomic E-state index is 11.5. The first-order chi connectivity index (χ1) is 8.26. The zero-order valence-electron chi connectivity index (χ0n) is 11.8. The number of ether oxygens (including phenoxy) is 1. The van der Waals surface area contributed by atoms with E-state index in [-0.39, 0.29) is 18.2 Å². The number of amides is 1. The first-order valence-corrected chi connectivity index (χ1v) is 6.67. The molecule has 5 nitrogen and oxygen atoms in total. The third-order valence-corrected chi connectivity index (χ3v) is 2.85. The molecule has 0 radical (unpaired) electrons. The van der Waals surface area contributed by atoms with E-state index in [4.69, 9.17) is 9.84 Å². The normalized spacial score (nSPS) is 25.2. The minimum absolute atomic E-state index is 0.212. The molecule has 0 aliphatic heterocycles. The SMILES string of the molecule is CC(O)CCNC1CC(NC(=O)OC(C)(C)C)C1. The Bertz CT molecular complexity index is 268. The molecule has 1 atom stereocenters. The summed E-state index contributed by atoms with van der Waals surface area (Å²) in [4.78, 5) is 11.5. The summed E-state index contributed by atoms with van der Waals surface area (Å²) < 4.78 is 5.19. The highest BCUT2D eigenvalue weighted by molar-refractivity contribution is 5.68. The number of hydrogen-bond donors (Lipinski definition) is 3. The minimum atomic E-state index is -0.442. The van der Waals surface area contributed by atoms with Crippen LogP contribution in [0.1, 0.15) is 47.0 Å². The van der Waals surface area contributed by atoms with Gasteiger partial charge < -0.3 is 20.5 Å². The van der Waals surface area contributed by atoms with Gasteiger partial charge in [0.25, 0.3) is 0 Å². The summed E-state index contributed by atoms with van der Waals surface area (Å²) in [6, 6.07) is 0.660. The number of nitrogens with one attached hydrogen (secondary N) is 2. The molecule has 0 aromatic heterocycles. The molecule has 1 saturated carbocycles. The van der Waals surface area contributed by atoms with Crippen LogP contribution in [0.5, 0.6) is 0 Å². The van der Waals surface area contributed by atoms with Crippen molar-refractivity contribution in [3.63, 3.8) is 0 Å². The Balaban J connectivity index is 2.06. The van der Waals surface area contributed by atoms with Crippen molar-refractivity contribution in [1.82, 2.24) is 10.6 Å². The van der Waals surface area contributed by atoms with Crippen LogP contribution in [-0.4, -0.2) is 41.5 Å². The van der Waals surface area contributed by atoms with E-state index in [9.17, 15) is 4.79 Å². The van der Waals surface area contributed by atoms with Gasteiger partial charge in [-0.05, 0) is 53.5 Å². The quantitative estimate of drug-likeness (QED) is 0.697. The average molecular weight is 258 g/mol. The fourth-order valence-corrected chi connectivity index (χ4v) is 1.87. The molecule has 0 spiro atoms. The first-order valence-electron chi connectivity index (χ1n) is 6.67. The Labute approximate surface area is 109 Å². The first kappa shape index (κ1) is 15.2. The number of aliphatic hydroxyl groups is 1. The standard InChI is InChI=1S/C13H26N2O3/c1-9(16)5-6-14-10-7-11(8-10)15-12(17)18-13(2,3)4/h9-11,14,16H,5-8H2,1-4H3,(H,15,17). The van der Waals surface area contributed by atoms with E-state index in [1.54, 1.807) is 6.92 Å². The van der Waals surface area contributed by atoms with E-state index in [2.05, 4.69) is 10.6 Å². The van der Waals surface area contributed by atoms with Crippen molar-refractivity contribution >= 4 is 6.09 Å².